The normalized spacial score (nSPS) is 16.8. The minimum absolute atomic E-state index is 0.0469. The van der Waals surface area contributed by atoms with Gasteiger partial charge in [-0.2, -0.15) is 5.10 Å². The van der Waals surface area contributed by atoms with Crippen molar-refractivity contribution >= 4 is 28.5 Å². The molecule has 0 aliphatic carbocycles. The summed E-state index contributed by atoms with van der Waals surface area (Å²) in [4.78, 5) is 26.7. The van der Waals surface area contributed by atoms with E-state index in [-0.39, 0.29) is 17.2 Å². The third-order valence-corrected chi connectivity index (χ3v) is 6.29. The highest BCUT2D eigenvalue weighted by Crippen LogP contribution is 2.34. The average molecular weight is 439 g/mol. The SMILES string of the molecule is Cc1cc([C@@H](C)Nc2cn(C)nc2C(=O)O)c2oc(N3CCC(C)(C)CC3)cc(=O)c2c1. The van der Waals surface area contributed by atoms with Crippen molar-refractivity contribution in [3.05, 3.63) is 51.4 Å². The Morgan fingerprint density at radius 2 is 1.94 bits per heavy atom. The largest absolute Gasteiger partial charge is 0.476 e. The number of fused-ring (bicyclic) bond motifs is 1. The molecule has 0 radical (unpaired) electrons. The Labute approximate surface area is 186 Å². The van der Waals surface area contributed by atoms with Gasteiger partial charge in [-0.15, -0.1) is 0 Å². The van der Waals surface area contributed by atoms with Crippen LogP contribution in [0.25, 0.3) is 11.0 Å². The summed E-state index contributed by atoms with van der Waals surface area (Å²) in [7, 11) is 1.68. The number of anilines is 2. The number of carboxylic acids is 1. The van der Waals surface area contributed by atoms with E-state index in [1.54, 1.807) is 19.3 Å². The van der Waals surface area contributed by atoms with Crippen LogP contribution in [0, 0.1) is 12.3 Å². The van der Waals surface area contributed by atoms with Gasteiger partial charge in [0.15, 0.2) is 17.0 Å². The van der Waals surface area contributed by atoms with Gasteiger partial charge in [-0.1, -0.05) is 19.9 Å². The fourth-order valence-corrected chi connectivity index (χ4v) is 4.30. The van der Waals surface area contributed by atoms with Crippen molar-refractivity contribution in [1.82, 2.24) is 9.78 Å². The van der Waals surface area contributed by atoms with Crippen LogP contribution in [0.1, 0.15) is 61.3 Å². The van der Waals surface area contributed by atoms with Gasteiger partial charge >= 0.3 is 5.97 Å². The van der Waals surface area contributed by atoms with Crippen molar-refractivity contribution in [2.24, 2.45) is 12.5 Å². The van der Waals surface area contributed by atoms with Gasteiger partial charge in [-0.05, 0) is 43.7 Å². The highest BCUT2D eigenvalue weighted by atomic mass is 16.4. The number of nitrogens with one attached hydrogen (secondary N) is 1. The molecule has 1 aliphatic heterocycles. The first-order chi connectivity index (χ1) is 15.0. The predicted octanol–water partition coefficient (Wildman–Crippen LogP) is 4.33. The molecule has 1 saturated heterocycles. The second-order valence-corrected chi connectivity index (χ2v) is 9.57. The molecule has 3 heterocycles. The van der Waals surface area contributed by atoms with Crippen LogP contribution in [-0.2, 0) is 7.05 Å². The standard InChI is InChI=1S/C24H30N4O4/c1-14-10-16(15(2)25-18-13-27(5)26-21(18)23(30)31)22-17(11-14)19(29)12-20(32-22)28-8-6-24(3,4)7-9-28/h10-13,15,25H,6-9H2,1-5H3,(H,30,31)/t15-/m1/s1. The van der Waals surface area contributed by atoms with Crippen molar-refractivity contribution in [3.63, 3.8) is 0 Å². The number of aryl methyl sites for hydroxylation is 2. The Morgan fingerprint density at radius 1 is 1.25 bits per heavy atom. The van der Waals surface area contributed by atoms with Crippen LogP contribution in [0.4, 0.5) is 11.6 Å². The van der Waals surface area contributed by atoms with Crippen molar-refractivity contribution < 1.29 is 14.3 Å². The molecule has 0 saturated carbocycles. The fourth-order valence-electron chi connectivity index (χ4n) is 4.30. The van der Waals surface area contributed by atoms with E-state index in [1.165, 1.54) is 4.68 Å². The zero-order chi connectivity index (χ0) is 23.2. The molecule has 0 spiro atoms. The highest BCUT2D eigenvalue weighted by molar-refractivity contribution is 5.92. The first-order valence-electron chi connectivity index (χ1n) is 10.9. The lowest BCUT2D eigenvalue weighted by Gasteiger charge is -2.37. The summed E-state index contributed by atoms with van der Waals surface area (Å²) in [6, 6.07) is 5.10. The topological polar surface area (TPSA) is 101 Å². The molecule has 170 valence electrons. The van der Waals surface area contributed by atoms with Gasteiger partial charge in [-0.3, -0.25) is 9.48 Å². The highest BCUT2D eigenvalue weighted by Gasteiger charge is 2.27. The van der Waals surface area contributed by atoms with E-state index in [9.17, 15) is 14.7 Å². The van der Waals surface area contributed by atoms with E-state index < -0.39 is 5.97 Å². The summed E-state index contributed by atoms with van der Waals surface area (Å²) >= 11 is 0. The molecule has 8 heteroatoms. The summed E-state index contributed by atoms with van der Waals surface area (Å²) in [6.45, 7) is 10.1. The molecule has 2 aromatic heterocycles. The molecule has 0 amide bonds. The Balaban J connectivity index is 1.75. The number of carbonyl (C=O) groups is 1. The number of hydrogen-bond acceptors (Lipinski definition) is 6. The predicted molar refractivity (Wildman–Crippen MR) is 125 cm³/mol. The third-order valence-electron chi connectivity index (χ3n) is 6.29. The molecule has 3 aromatic rings. The van der Waals surface area contributed by atoms with E-state index in [0.29, 0.717) is 28.0 Å². The second kappa shape index (κ2) is 8.00. The fraction of sp³-hybridized carbons (Fsp3) is 0.458. The van der Waals surface area contributed by atoms with Crippen LogP contribution in [0.15, 0.2) is 33.6 Å². The Hall–Kier alpha value is -3.29. The maximum Gasteiger partial charge on any atom is 0.358 e. The molecular weight excluding hydrogens is 408 g/mol. The Morgan fingerprint density at radius 3 is 2.59 bits per heavy atom. The number of nitrogens with zero attached hydrogens (tertiary/aromatic N) is 3. The summed E-state index contributed by atoms with van der Waals surface area (Å²) in [6.07, 6.45) is 3.70. The summed E-state index contributed by atoms with van der Waals surface area (Å²) < 4.78 is 7.79. The maximum absolute atomic E-state index is 13.0. The molecule has 1 atom stereocenters. The molecule has 1 fully saturated rings. The van der Waals surface area contributed by atoms with Crippen molar-refractivity contribution in [3.8, 4) is 0 Å². The smallest absolute Gasteiger partial charge is 0.358 e. The summed E-state index contributed by atoms with van der Waals surface area (Å²) in [5.41, 5.74) is 2.86. The number of piperidine rings is 1. The quantitative estimate of drug-likeness (QED) is 0.611. The number of benzene rings is 1. The van der Waals surface area contributed by atoms with Crippen LogP contribution in [0.3, 0.4) is 0 Å². The van der Waals surface area contributed by atoms with Crippen LogP contribution >= 0.6 is 0 Å². The molecule has 2 N–H and O–H groups in total. The van der Waals surface area contributed by atoms with Gasteiger partial charge in [0, 0.05) is 38.0 Å². The maximum atomic E-state index is 13.0. The Bertz CT molecular complexity index is 1230. The number of aromatic carboxylic acids is 1. The number of aromatic nitrogens is 2. The van der Waals surface area contributed by atoms with Gasteiger partial charge in [0.1, 0.15) is 5.58 Å². The Kier molecular flexibility index (Phi) is 5.48. The second-order valence-electron chi connectivity index (χ2n) is 9.57. The van der Waals surface area contributed by atoms with Crippen LogP contribution < -0.4 is 15.6 Å². The van der Waals surface area contributed by atoms with E-state index in [4.69, 9.17) is 4.42 Å². The minimum atomic E-state index is -1.10. The molecule has 32 heavy (non-hydrogen) atoms. The van der Waals surface area contributed by atoms with Crippen molar-refractivity contribution in [2.45, 2.75) is 46.6 Å². The molecule has 4 rings (SSSR count). The van der Waals surface area contributed by atoms with E-state index in [2.05, 4.69) is 29.2 Å². The van der Waals surface area contributed by atoms with Gasteiger partial charge < -0.3 is 19.7 Å². The first-order valence-corrected chi connectivity index (χ1v) is 10.9. The molecular formula is C24H30N4O4. The monoisotopic (exact) mass is 438 g/mol. The van der Waals surface area contributed by atoms with Gasteiger partial charge in [-0.25, -0.2) is 4.79 Å². The van der Waals surface area contributed by atoms with Gasteiger partial charge in [0.05, 0.1) is 17.1 Å². The van der Waals surface area contributed by atoms with Crippen LogP contribution in [0.2, 0.25) is 0 Å². The summed E-state index contributed by atoms with van der Waals surface area (Å²) in [5.74, 6) is -0.515. The molecule has 8 nitrogen and oxygen atoms in total. The molecule has 0 bridgehead atoms. The van der Waals surface area contributed by atoms with E-state index in [0.717, 1.165) is 37.1 Å². The number of carboxylic acid groups (broad SMARTS) is 1. The van der Waals surface area contributed by atoms with Crippen molar-refractivity contribution in [2.75, 3.05) is 23.3 Å². The van der Waals surface area contributed by atoms with Crippen LogP contribution in [0.5, 0.6) is 0 Å². The zero-order valence-electron chi connectivity index (χ0n) is 19.2. The summed E-state index contributed by atoms with van der Waals surface area (Å²) in [5, 5.41) is 17.2. The molecule has 1 aromatic carbocycles. The lowest BCUT2D eigenvalue weighted by Crippen LogP contribution is -2.37. The van der Waals surface area contributed by atoms with E-state index in [1.807, 2.05) is 26.0 Å². The third kappa shape index (κ3) is 4.22. The van der Waals surface area contributed by atoms with Crippen molar-refractivity contribution in [1.29, 1.82) is 0 Å². The van der Waals surface area contributed by atoms with Gasteiger partial charge in [0.2, 0.25) is 0 Å². The zero-order valence-corrected chi connectivity index (χ0v) is 19.2. The van der Waals surface area contributed by atoms with Gasteiger partial charge in [0.25, 0.3) is 0 Å². The lowest BCUT2D eigenvalue weighted by molar-refractivity contribution is 0.0690. The number of rotatable bonds is 5. The molecule has 1 aliphatic rings. The number of hydrogen-bond donors (Lipinski definition) is 2. The minimum Gasteiger partial charge on any atom is -0.476 e. The van der Waals surface area contributed by atoms with E-state index >= 15 is 0 Å². The molecule has 0 unspecified atom stereocenters. The van der Waals surface area contributed by atoms with Crippen LogP contribution in [-0.4, -0.2) is 33.9 Å². The average Bonchev–Trinajstić information content (AvgIpc) is 3.08. The lowest BCUT2D eigenvalue weighted by atomic mass is 9.83. The first kappa shape index (κ1) is 21.9.